The van der Waals surface area contributed by atoms with Gasteiger partial charge in [-0.05, 0) is 130 Å². The van der Waals surface area contributed by atoms with Crippen molar-refractivity contribution < 1.29 is 34.4 Å². The van der Waals surface area contributed by atoms with Crippen molar-refractivity contribution in [3.05, 3.63) is 83.4 Å². The lowest BCUT2D eigenvalue weighted by atomic mass is 9.34. The normalized spacial score (nSPS) is 40.3. The highest BCUT2D eigenvalue weighted by Crippen LogP contribution is 2.74. The Morgan fingerprint density at radius 2 is 1.67 bits per heavy atom. The first-order valence-electron chi connectivity index (χ1n) is 24.5. The maximum Gasteiger partial charge on any atom is 0.331 e. The Balaban J connectivity index is 1.15. The van der Waals surface area contributed by atoms with Gasteiger partial charge in [0.25, 0.3) is 0 Å². The lowest BCUT2D eigenvalue weighted by Gasteiger charge is -2.73. The summed E-state index contributed by atoms with van der Waals surface area (Å²) in [5.41, 5.74) is 3.47. The van der Waals surface area contributed by atoms with Gasteiger partial charge in [0.1, 0.15) is 6.61 Å². The molecular weight excluding hydrogens is 789 g/mol. The summed E-state index contributed by atoms with van der Waals surface area (Å²) in [4.78, 5) is 28.0. The van der Waals surface area contributed by atoms with E-state index in [-0.39, 0.29) is 49.2 Å². The molecule has 0 radical (unpaired) electrons. The molecule has 9 rings (SSSR count). The van der Waals surface area contributed by atoms with Crippen LogP contribution in [0.15, 0.2) is 72.3 Å². The van der Waals surface area contributed by atoms with Crippen LogP contribution < -0.4 is 10.9 Å². The zero-order chi connectivity index (χ0) is 44.1. The molecule has 9 heteroatoms. The first kappa shape index (κ1) is 44.7. The lowest BCUT2D eigenvalue weighted by molar-refractivity contribution is -0.363. The van der Waals surface area contributed by atoms with Gasteiger partial charge in [-0.15, -0.1) is 5.92 Å². The number of carbonyl (C=O) groups excluding carboxylic acids is 2. The number of esters is 2. The van der Waals surface area contributed by atoms with E-state index in [0.717, 1.165) is 63.4 Å². The second-order valence-electron chi connectivity index (χ2n) is 21.9. The molecule has 1 unspecified atom stereocenters. The maximum absolute atomic E-state index is 15.6. The highest BCUT2D eigenvalue weighted by atomic mass is 16.6. The van der Waals surface area contributed by atoms with Crippen molar-refractivity contribution in [3.63, 3.8) is 0 Å². The fraction of sp³-hybridized carbons (Fsp3) is 0.667. The third kappa shape index (κ3) is 7.72. The second-order valence-corrected chi connectivity index (χ2v) is 21.9. The van der Waals surface area contributed by atoms with E-state index in [1.54, 1.807) is 0 Å². The molecule has 2 spiro atoms. The minimum Gasteiger partial charge on any atom is -0.458 e. The van der Waals surface area contributed by atoms with Gasteiger partial charge in [0.15, 0.2) is 5.72 Å². The molecule has 13 atom stereocenters. The van der Waals surface area contributed by atoms with Gasteiger partial charge in [-0.2, -0.15) is 0 Å². The molecule has 7 aliphatic rings. The largest absolute Gasteiger partial charge is 0.458 e. The minimum absolute atomic E-state index is 0.0900. The minimum atomic E-state index is -1.77. The third-order valence-corrected chi connectivity index (χ3v) is 18.0. The van der Waals surface area contributed by atoms with Gasteiger partial charge < -0.3 is 24.8 Å². The van der Waals surface area contributed by atoms with Gasteiger partial charge in [0.2, 0.25) is 0 Å². The summed E-state index contributed by atoms with van der Waals surface area (Å²) in [5.74, 6) is 6.64. The molecule has 0 amide bonds. The summed E-state index contributed by atoms with van der Waals surface area (Å²) < 4.78 is 12.7. The first-order chi connectivity index (χ1) is 30.3. The number of carbonyl (C=O) groups is 2. The molecule has 1 saturated heterocycles. The van der Waals surface area contributed by atoms with E-state index in [9.17, 15) is 20.1 Å². The lowest BCUT2D eigenvalue weighted by Crippen LogP contribution is -2.84. The Morgan fingerprint density at radius 3 is 2.41 bits per heavy atom. The number of hydrazine groups is 1. The highest BCUT2D eigenvalue weighted by molar-refractivity contribution is 5.85. The quantitative estimate of drug-likeness (QED) is 0.0996. The number of nitrogens with one attached hydrogen (secondary N) is 2. The maximum atomic E-state index is 15.6. The molecule has 3 aliphatic heterocycles. The number of ether oxygens (including phenoxy) is 2. The van der Waals surface area contributed by atoms with Gasteiger partial charge >= 0.3 is 11.9 Å². The van der Waals surface area contributed by atoms with Crippen LogP contribution in [0.2, 0.25) is 0 Å². The number of hydrogen-bond acceptors (Lipinski definition) is 9. The Kier molecular flexibility index (Phi) is 12.3. The van der Waals surface area contributed by atoms with Crippen molar-refractivity contribution in [3.8, 4) is 11.8 Å². The molecule has 2 aromatic carbocycles. The zero-order valence-electron chi connectivity index (χ0n) is 38.0. The number of cyclic esters (lactones) is 1. The second kappa shape index (κ2) is 17.4. The summed E-state index contributed by atoms with van der Waals surface area (Å²) in [5, 5.41) is 41.1. The molecule has 0 aromatic heterocycles. The summed E-state index contributed by atoms with van der Waals surface area (Å²) >= 11 is 0. The van der Waals surface area contributed by atoms with E-state index >= 15 is 4.79 Å². The fourth-order valence-corrected chi connectivity index (χ4v) is 15.1. The van der Waals surface area contributed by atoms with E-state index in [1.165, 1.54) is 17.2 Å². The van der Waals surface area contributed by atoms with E-state index in [0.29, 0.717) is 51.4 Å². The van der Waals surface area contributed by atoms with Crippen LogP contribution in [0.3, 0.4) is 0 Å². The topological polar surface area (TPSA) is 137 Å². The molecule has 2 aromatic rings. The predicted molar refractivity (Wildman–Crippen MR) is 242 cm³/mol. The van der Waals surface area contributed by atoms with Gasteiger partial charge in [-0.25, -0.2) is 10.2 Å². The van der Waals surface area contributed by atoms with E-state index < -0.39 is 57.1 Å². The van der Waals surface area contributed by atoms with Crippen molar-refractivity contribution in [2.24, 2.45) is 45.3 Å². The molecular formula is C54H72N2O7. The third-order valence-electron chi connectivity index (χ3n) is 18.0. The highest BCUT2D eigenvalue weighted by Gasteiger charge is 2.82. The number of benzene rings is 2. The van der Waals surface area contributed by atoms with Crippen molar-refractivity contribution >= 4 is 11.9 Å². The zero-order valence-corrected chi connectivity index (χ0v) is 38.0. The number of rotatable bonds is 13. The van der Waals surface area contributed by atoms with Crippen LogP contribution in [0.1, 0.15) is 141 Å². The summed E-state index contributed by atoms with van der Waals surface area (Å²) in [6.07, 6.45) is 12.4. The standard InChI is InChI=1S/C54H72N2O7/c1-37(14-10-19-38-15-6-4-7-16-38)23-24-44(57)54-45(58)26-30-50(3)42-21-11-22-43(42)55-56-52(47(50)54)36-49(2,53(54,61)31-25-41-33-46(59)62-35-41)27-13-29-51(48(60)63-52)28-12-20-40(34-51)32-39-17-8-5-9-18-39/h4-9,15-18,33,37,40,42-45,47,55-58,61H,10-12,14,19-26,28-32,34-36H2,1-3H3/t37-,40+,42-,43-,44+,45-,47?,49+,50-,51-,52+,53-,54+/m1/s1. The Morgan fingerprint density at radius 1 is 0.905 bits per heavy atom. The smallest absolute Gasteiger partial charge is 0.331 e. The molecule has 5 N–H and O–H groups in total. The summed E-state index contributed by atoms with van der Waals surface area (Å²) in [7, 11) is 0. The Bertz CT molecular complexity index is 2080. The van der Waals surface area contributed by atoms with Gasteiger partial charge in [0.05, 0.1) is 34.1 Å². The molecule has 63 heavy (non-hydrogen) atoms. The molecule has 340 valence electrons. The van der Waals surface area contributed by atoms with E-state index in [4.69, 9.17) is 9.47 Å². The summed E-state index contributed by atoms with van der Waals surface area (Å²) in [6, 6.07) is 21.2. The number of fused-ring (bicyclic) bond motifs is 3. The monoisotopic (exact) mass is 861 g/mol. The van der Waals surface area contributed by atoms with Crippen LogP contribution in [0.4, 0.5) is 0 Å². The van der Waals surface area contributed by atoms with Crippen molar-refractivity contribution in [1.82, 2.24) is 10.9 Å². The number of aliphatic hydroxyl groups excluding tert-OH is 2. The Labute approximate surface area is 375 Å². The number of hydrogen-bond donors (Lipinski definition) is 5. The van der Waals surface area contributed by atoms with Crippen molar-refractivity contribution in [2.75, 3.05) is 6.61 Å². The van der Waals surface area contributed by atoms with E-state index in [1.807, 2.05) is 19.1 Å². The molecule has 2 bridgehead atoms. The van der Waals surface area contributed by atoms with Crippen molar-refractivity contribution in [1.29, 1.82) is 0 Å². The van der Waals surface area contributed by atoms with Gasteiger partial charge in [0, 0.05) is 30.9 Å². The van der Waals surface area contributed by atoms with E-state index in [2.05, 4.69) is 85.1 Å². The molecule has 9 nitrogen and oxygen atoms in total. The molecule has 3 heterocycles. The number of aryl methyl sites for hydroxylation is 1. The Hall–Kier alpha value is -3.52. The van der Waals surface area contributed by atoms with Crippen LogP contribution in [0.25, 0.3) is 0 Å². The van der Waals surface area contributed by atoms with Crippen LogP contribution in [-0.4, -0.2) is 63.4 Å². The number of aliphatic hydroxyl groups is 3. The van der Waals surface area contributed by atoms with Crippen LogP contribution in [0, 0.1) is 57.2 Å². The van der Waals surface area contributed by atoms with Crippen LogP contribution >= 0.6 is 0 Å². The SMILES string of the molecule is C[C@H](CCCc1ccccc1)CC[C@H](O)[C@]12C3[C@@]4(C[C@](C)(C#CC[C@@]5(CCC[C@@H](Cc6ccccc6)C5)C(=O)O4)[C@]1(O)CCC1=CC(=O)OC1)NN[C@@H]1CCC[C@H]1[C@@]3(C)CC[C@H]2O. The molecule has 5 fully saturated rings. The molecule has 4 saturated carbocycles. The average molecular weight is 861 g/mol. The average Bonchev–Trinajstić information content (AvgIpc) is 3.92. The predicted octanol–water partition coefficient (Wildman–Crippen LogP) is 8.30. The van der Waals surface area contributed by atoms with Gasteiger partial charge in [-0.3, -0.25) is 10.2 Å². The summed E-state index contributed by atoms with van der Waals surface area (Å²) in [6.45, 7) is 6.69. The fourth-order valence-electron chi connectivity index (χ4n) is 15.1. The van der Waals surface area contributed by atoms with Crippen LogP contribution in [-0.2, 0) is 31.9 Å². The van der Waals surface area contributed by atoms with Crippen molar-refractivity contribution in [2.45, 2.75) is 172 Å². The van der Waals surface area contributed by atoms with Crippen LogP contribution in [0.5, 0.6) is 0 Å². The first-order valence-corrected chi connectivity index (χ1v) is 24.5. The van der Waals surface area contributed by atoms with Gasteiger partial charge in [-0.1, -0.05) is 106 Å². The molecule has 4 aliphatic carbocycles.